The number of rotatable bonds is 4. The summed E-state index contributed by atoms with van der Waals surface area (Å²) < 4.78 is 13.7. The Morgan fingerprint density at radius 2 is 1.96 bits per heavy atom. The monoisotopic (exact) mass is 335 g/mol. The molecule has 2 aromatic carbocycles. The maximum Gasteiger partial charge on any atom is 0.260 e. The van der Waals surface area contributed by atoms with Crippen molar-refractivity contribution in [3.8, 4) is 0 Å². The zero-order chi connectivity index (χ0) is 17.0. The number of carbonyl (C=O) groups excluding carboxylic acids is 2. The Hall–Kier alpha value is -2.44. The summed E-state index contributed by atoms with van der Waals surface area (Å²) in [5.74, 6) is -1.66. The van der Waals surface area contributed by atoms with Crippen molar-refractivity contribution in [2.45, 2.75) is 6.92 Å². The molecule has 0 radical (unpaired) electrons. The summed E-state index contributed by atoms with van der Waals surface area (Å²) in [6, 6.07) is 8.92. The molecule has 4 N–H and O–H groups in total. The zero-order valence-electron chi connectivity index (χ0n) is 12.3. The van der Waals surface area contributed by atoms with Crippen LogP contribution in [-0.4, -0.2) is 18.4 Å². The van der Waals surface area contributed by atoms with Crippen LogP contribution >= 0.6 is 11.6 Å². The quantitative estimate of drug-likeness (QED) is 0.803. The Morgan fingerprint density at radius 1 is 1.22 bits per heavy atom. The number of halogens is 2. The minimum absolute atomic E-state index is 0.0342. The van der Waals surface area contributed by atoms with Crippen LogP contribution in [0.5, 0.6) is 0 Å². The van der Waals surface area contributed by atoms with Gasteiger partial charge in [0.2, 0.25) is 5.91 Å². The van der Waals surface area contributed by atoms with E-state index in [4.69, 9.17) is 17.3 Å². The van der Waals surface area contributed by atoms with Gasteiger partial charge in [-0.1, -0.05) is 17.7 Å². The van der Waals surface area contributed by atoms with Crippen molar-refractivity contribution in [1.29, 1.82) is 0 Å². The first kappa shape index (κ1) is 16.9. The number of aryl methyl sites for hydroxylation is 1. The van der Waals surface area contributed by atoms with Gasteiger partial charge >= 0.3 is 0 Å². The van der Waals surface area contributed by atoms with Gasteiger partial charge in [-0.05, 0) is 42.8 Å². The van der Waals surface area contributed by atoms with Crippen LogP contribution in [0, 0.1) is 12.7 Å². The molecular weight excluding hydrogens is 321 g/mol. The lowest BCUT2D eigenvalue weighted by molar-refractivity contribution is -0.114. The molecule has 2 aromatic rings. The van der Waals surface area contributed by atoms with Crippen LogP contribution in [0.25, 0.3) is 0 Å². The predicted octanol–water partition coefficient (Wildman–Crippen LogP) is 2.94. The van der Waals surface area contributed by atoms with E-state index in [-0.39, 0.29) is 23.0 Å². The summed E-state index contributed by atoms with van der Waals surface area (Å²) >= 11 is 5.87. The third-order valence-electron chi connectivity index (χ3n) is 3.13. The van der Waals surface area contributed by atoms with Gasteiger partial charge in [-0.15, -0.1) is 0 Å². The minimum Gasteiger partial charge on any atom is -0.325 e. The van der Waals surface area contributed by atoms with E-state index in [0.717, 1.165) is 0 Å². The molecule has 23 heavy (non-hydrogen) atoms. The summed E-state index contributed by atoms with van der Waals surface area (Å²) in [5, 5.41) is 5.24. The van der Waals surface area contributed by atoms with Gasteiger partial charge in [0, 0.05) is 11.4 Å². The lowest BCUT2D eigenvalue weighted by atomic mass is 10.1. The van der Waals surface area contributed by atoms with E-state index in [0.29, 0.717) is 16.9 Å². The highest BCUT2D eigenvalue weighted by atomic mass is 35.5. The third kappa shape index (κ3) is 4.06. The van der Waals surface area contributed by atoms with Crippen molar-refractivity contribution in [3.05, 3.63) is 58.4 Å². The fourth-order valence-corrected chi connectivity index (χ4v) is 2.24. The molecule has 0 spiro atoms. The highest BCUT2D eigenvalue weighted by Gasteiger charge is 2.16. The van der Waals surface area contributed by atoms with Gasteiger partial charge in [-0.2, -0.15) is 0 Å². The number of anilines is 2. The topological polar surface area (TPSA) is 84.2 Å². The van der Waals surface area contributed by atoms with Crippen molar-refractivity contribution in [3.63, 3.8) is 0 Å². The number of hydrogen-bond acceptors (Lipinski definition) is 3. The van der Waals surface area contributed by atoms with Crippen molar-refractivity contribution in [1.82, 2.24) is 0 Å². The summed E-state index contributed by atoms with van der Waals surface area (Å²) in [5.41, 5.74) is 6.75. The normalized spacial score (nSPS) is 10.3. The summed E-state index contributed by atoms with van der Waals surface area (Å²) in [6.07, 6.45) is 0. The van der Waals surface area contributed by atoms with Crippen LogP contribution in [0.3, 0.4) is 0 Å². The number of nitrogens with one attached hydrogen (secondary N) is 2. The Labute approximate surface area is 137 Å². The first-order valence-corrected chi connectivity index (χ1v) is 7.16. The van der Waals surface area contributed by atoms with Gasteiger partial charge in [0.15, 0.2) is 0 Å². The van der Waals surface area contributed by atoms with Crippen molar-refractivity contribution in [2.75, 3.05) is 17.2 Å². The Morgan fingerprint density at radius 3 is 2.57 bits per heavy atom. The molecule has 0 saturated heterocycles. The van der Waals surface area contributed by atoms with E-state index in [1.54, 1.807) is 25.1 Å². The Kier molecular flexibility index (Phi) is 5.31. The van der Waals surface area contributed by atoms with Gasteiger partial charge < -0.3 is 16.4 Å². The van der Waals surface area contributed by atoms with Crippen LogP contribution in [0.15, 0.2) is 36.4 Å². The Balaban J connectivity index is 2.20. The molecule has 0 aliphatic carbocycles. The van der Waals surface area contributed by atoms with Crippen LogP contribution in [0.2, 0.25) is 5.02 Å². The van der Waals surface area contributed by atoms with Gasteiger partial charge in [0.1, 0.15) is 5.82 Å². The molecule has 0 aromatic heterocycles. The van der Waals surface area contributed by atoms with Gasteiger partial charge in [0.05, 0.1) is 17.1 Å². The number of hydrogen-bond donors (Lipinski definition) is 3. The smallest absolute Gasteiger partial charge is 0.260 e. The van der Waals surface area contributed by atoms with Crippen LogP contribution < -0.4 is 16.4 Å². The second-order valence-corrected chi connectivity index (χ2v) is 5.24. The van der Waals surface area contributed by atoms with E-state index >= 15 is 0 Å². The highest BCUT2D eigenvalue weighted by Crippen LogP contribution is 2.23. The van der Waals surface area contributed by atoms with Crippen LogP contribution in [0.1, 0.15) is 15.9 Å². The first-order chi connectivity index (χ1) is 10.9. The molecule has 120 valence electrons. The molecule has 2 amide bonds. The van der Waals surface area contributed by atoms with Crippen molar-refractivity contribution in [2.24, 2.45) is 5.73 Å². The second kappa shape index (κ2) is 7.21. The molecule has 0 saturated carbocycles. The molecule has 0 aliphatic heterocycles. The fourth-order valence-electron chi connectivity index (χ4n) is 1.99. The Bertz CT molecular complexity index is 745. The summed E-state index contributed by atoms with van der Waals surface area (Å²) in [4.78, 5) is 23.4. The number of nitrogens with two attached hydrogens (primary N) is 1. The highest BCUT2D eigenvalue weighted by molar-refractivity contribution is 6.34. The zero-order valence-corrected chi connectivity index (χ0v) is 13.1. The van der Waals surface area contributed by atoms with Crippen molar-refractivity contribution >= 4 is 34.8 Å². The first-order valence-electron chi connectivity index (χ1n) is 6.78. The molecule has 2 rings (SSSR count). The molecule has 7 heteroatoms. The second-order valence-electron chi connectivity index (χ2n) is 4.83. The fraction of sp³-hybridized carbons (Fsp3) is 0.125. The third-order valence-corrected chi connectivity index (χ3v) is 3.45. The SMILES string of the molecule is Cc1cc(NC(=O)CN)ccc1NC(=O)c1c(F)cccc1Cl. The van der Waals surface area contributed by atoms with Gasteiger partial charge in [0.25, 0.3) is 5.91 Å². The average molecular weight is 336 g/mol. The predicted molar refractivity (Wildman–Crippen MR) is 88.2 cm³/mol. The van der Waals surface area contributed by atoms with Gasteiger partial charge in [-0.25, -0.2) is 4.39 Å². The van der Waals surface area contributed by atoms with Crippen molar-refractivity contribution < 1.29 is 14.0 Å². The number of benzene rings is 2. The molecule has 0 fully saturated rings. The molecule has 0 bridgehead atoms. The van der Waals surface area contributed by atoms with E-state index in [2.05, 4.69) is 10.6 Å². The van der Waals surface area contributed by atoms with Gasteiger partial charge in [-0.3, -0.25) is 9.59 Å². The van der Waals surface area contributed by atoms with E-state index < -0.39 is 11.7 Å². The average Bonchev–Trinajstić information content (AvgIpc) is 2.49. The van der Waals surface area contributed by atoms with E-state index in [9.17, 15) is 14.0 Å². The molecule has 0 unspecified atom stereocenters. The van der Waals surface area contributed by atoms with E-state index in [1.165, 1.54) is 18.2 Å². The van der Waals surface area contributed by atoms with Crippen LogP contribution in [0.4, 0.5) is 15.8 Å². The molecule has 0 atom stereocenters. The number of amides is 2. The van der Waals surface area contributed by atoms with Crippen LogP contribution in [-0.2, 0) is 4.79 Å². The molecule has 0 heterocycles. The maximum absolute atomic E-state index is 13.7. The standard InChI is InChI=1S/C16H15ClFN3O2/c1-9-7-10(20-14(22)8-19)5-6-13(9)21-16(23)15-11(17)3-2-4-12(15)18/h2-7H,8,19H2,1H3,(H,20,22)(H,21,23). The molecule has 5 nitrogen and oxygen atoms in total. The number of carbonyl (C=O) groups is 2. The van der Waals surface area contributed by atoms with E-state index in [1.807, 2.05) is 0 Å². The minimum atomic E-state index is -0.695. The summed E-state index contributed by atoms with van der Waals surface area (Å²) in [6.45, 7) is 1.62. The molecule has 0 aliphatic rings. The lowest BCUT2D eigenvalue weighted by Crippen LogP contribution is -2.22. The molecular formula is C16H15ClFN3O2. The maximum atomic E-state index is 13.7. The summed E-state index contributed by atoms with van der Waals surface area (Å²) in [7, 11) is 0. The largest absolute Gasteiger partial charge is 0.325 e. The lowest BCUT2D eigenvalue weighted by Gasteiger charge is -2.12.